The zero-order chi connectivity index (χ0) is 15.4. The Labute approximate surface area is 116 Å². The van der Waals surface area contributed by atoms with E-state index in [1.54, 1.807) is 20.8 Å². The molecule has 8 heteroatoms. The van der Waals surface area contributed by atoms with Crippen molar-refractivity contribution in [3.05, 3.63) is 0 Å². The van der Waals surface area contributed by atoms with Crippen LogP contribution in [-0.2, 0) is 9.57 Å². The number of alkyl halides is 3. The largest absolute Gasteiger partial charge is 0.444 e. The Balaban J connectivity index is 2.37. The summed E-state index contributed by atoms with van der Waals surface area (Å²) >= 11 is 0. The number of piperidine rings is 1. The molecule has 20 heavy (non-hydrogen) atoms. The van der Waals surface area contributed by atoms with E-state index in [-0.39, 0.29) is 12.6 Å². The number of amides is 1. The summed E-state index contributed by atoms with van der Waals surface area (Å²) in [5, 5.41) is 0. The normalized spacial score (nSPS) is 20.9. The van der Waals surface area contributed by atoms with Crippen molar-refractivity contribution in [3.8, 4) is 0 Å². The third kappa shape index (κ3) is 6.95. The smallest absolute Gasteiger partial charge is 0.413 e. The van der Waals surface area contributed by atoms with Crippen LogP contribution in [0.25, 0.3) is 0 Å². The molecule has 1 fully saturated rings. The zero-order valence-electron chi connectivity index (χ0n) is 11.9. The number of hydroxylamine groups is 1. The number of likely N-dealkylation sites (tertiary alicyclic amines) is 1. The molecule has 0 spiro atoms. The summed E-state index contributed by atoms with van der Waals surface area (Å²) < 4.78 is 41.1. The van der Waals surface area contributed by atoms with E-state index in [1.165, 1.54) is 4.90 Å². The van der Waals surface area contributed by atoms with Gasteiger partial charge >= 0.3 is 12.3 Å². The molecule has 0 aliphatic carbocycles. The third-order valence-electron chi connectivity index (χ3n) is 2.56. The van der Waals surface area contributed by atoms with E-state index in [0.29, 0.717) is 19.4 Å². The molecule has 1 heterocycles. The van der Waals surface area contributed by atoms with E-state index >= 15 is 0 Å². The lowest BCUT2D eigenvalue weighted by molar-refractivity contribution is -0.194. The lowest BCUT2D eigenvalue weighted by Gasteiger charge is -2.34. The van der Waals surface area contributed by atoms with Crippen molar-refractivity contribution in [2.24, 2.45) is 0 Å². The van der Waals surface area contributed by atoms with Gasteiger partial charge in [-0.2, -0.15) is 18.7 Å². The van der Waals surface area contributed by atoms with Gasteiger partial charge in [-0.3, -0.25) is 4.84 Å². The van der Waals surface area contributed by atoms with Crippen LogP contribution in [0.2, 0.25) is 0 Å². The highest BCUT2D eigenvalue weighted by atomic mass is 19.4. The van der Waals surface area contributed by atoms with Crippen molar-refractivity contribution >= 4 is 6.09 Å². The van der Waals surface area contributed by atoms with E-state index in [4.69, 9.17) is 4.74 Å². The summed E-state index contributed by atoms with van der Waals surface area (Å²) in [4.78, 5) is 17.7. The van der Waals surface area contributed by atoms with E-state index in [0.717, 1.165) is 0 Å². The van der Waals surface area contributed by atoms with Crippen molar-refractivity contribution in [1.82, 2.24) is 10.4 Å². The molecule has 1 aliphatic rings. The number of hydrogen-bond donors (Lipinski definition) is 1. The molecular formula is C12H21F3N2O3. The van der Waals surface area contributed by atoms with Gasteiger partial charge in [-0.05, 0) is 33.6 Å². The first-order valence-corrected chi connectivity index (χ1v) is 6.49. The van der Waals surface area contributed by atoms with Crippen molar-refractivity contribution in [2.75, 3.05) is 19.7 Å². The molecule has 0 aromatic carbocycles. The second-order valence-electron chi connectivity index (χ2n) is 5.79. The molecular weight excluding hydrogens is 277 g/mol. The highest BCUT2D eigenvalue weighted by Gasteiger charge is 2.30. The van der Waals surface area contributed by atoms with Crippen molar-refractivity contribution in [2.45, 2.75) is 51.4 Å². The van der Waals surface area contributed by atoms with Gasteiger partial charge in [0, 0.05) is 19.1 Å². The number of carbonyl (C=O) groups is 1. The maximum Gasteiger partial charge on any atom is 0.413 e. The van der Waals surface area contributed by atoms with Crippen LogP contribution in [0.15, 0.2) is 0 Å². The van der Waals surface area contributed by atoms with Gasteiger partial charge in [0.15, 0.2) is 6.61 Å². The summed E-state index contributed by atoms with van der Waals surface area (Å²) in [7, 11) is 0. The fourth-order valence-electron chi connectivity index (χ4n) is 1.81. The standard InChI is InChI=1S/C12H21F3N2O3/c1-11(2,3)20-10(18)17-6-4-5-9(7-17)16-19-8-12(13,14)15/h9,16H,4-8H2,1-3H3. The molecule has 1 aliphatic heterocycles. The number of rotatable bonds is 3. The SMILES string of the molecule is CC(C)(C)OC(=O)N1CCCC(NOCC(F)(F)F)C1. The number of halogens is 3. The number of carbonyl (C=O) groups excluding carboxylic acids is 1. The molecule has 118 valence electrons. The average molecular weight is 298 g/mol. The van der Waals surface area contributed by atoms with Crippen LogP contribution in [0.5, 0.6) is 0 Å². The Morgan fingerprint density at radius 1 is 1.35 bits per heavy atom. The molecule has 0 saturated carbocycles. The molecule has 1 saturated heterocycles. The van der Waals surface area contributed by atoms with Crippen LogP contribution in [-0.4, -0.2) is 48.5 Å². The van der Waals surface area contributed by atoms with Gasteiger partial charge < -0.3 is 9.64 Å². The van der Waals surface area contributed by atoms with Crippen molar-refractivity contribution in [3.63, 3.8) is 0 Å². The molecule has 5 nitrogen and oxygen atoms in total. The van der Waals surface area contributed by atoms with E-state index in [2.05, 4.69) is 10.3 Å². The van der Waals surface area contributed by atoms with Gasteiger partial charge in [0.05, 0.1) is 0 Å². The molecule has 0 aromatic rings. The predicted molar refractivity (Wildman–Crippen MR) is 66.0 cm³/mol. The topological polar surface area (TPSA) is 50.8 Å². The maximum atomic E-state index is 12.0. The molecule has 0 bridgehead atoms. The van der Waals surface area contributed by atoms with Crippen LogP contribution < -0.4 is 5.48 Å². The number of nitrogens with one attached hydrogen (secondary N) is 1. The zero-order valence-corrected chi connectivity index (χ0v) is 11.9. The van der Waals surface area contributed by atoms with Gasteiger partial charge in [-0.15, -0.1) is 0 Å². The minimum absolute atomic E-state index is 0.271. The van der Waals surface area contributed by atoms with Crippen molar-refractivity contribution < 1.29 is 27.5 Å². The van der Waals surface area contributed by atoms with Gasteiger partial charge in [-0.25, -0.2) is 4.79 Å². The summed E-state index contributed by atoms with van der Waals surface area (Å²) in [5.74, 6) is 0. The Hall–Kier alpha value is -1.02. The monoisotopic (exact) mass is 298 g/mol. The predicted octanol–water partition coefficient (Wildman–Crippen LogP) is 2.47. The number of nitrogens with zero attached hydrogens (tertiary/aromatic N) is 1. The molecule has 1 unspecified atom stereocenters. The van der Waals surface area contributed by atoms with E-state index in [9.17, 15) is 18.0 Å². The van der Waals surface area contributed by atoms with E-state index in [1.807, 2.05) is 0 Å². The van der Waals surface area contributed by atoms with Gasteiger partial charge in [0.2, 0.25) is 0 Å². The minimum Gasteiger partial charge on any atom is -0.444 e. The molecule has 1 amide bonds. The average Bonchev–Trinajstić information content (AvgIpc) is 2.25. The molecule has 1 rings (SSSR count). The van der Waals surface area contributed by atoms with Crippen molar-refractivity contribution in [1.29, 1.82) is 0 Å². The number of ether oxygens (including phenoxy) is 1. The summed E-state index contributed by atoms with van der Waals surface area (Å²) in [6, 6.07) is -0.321. The van der Waals surface area contributed by atoms with Gasteiger partial charge in [-0.1, -0.05) is 0 Å². The first-order chi connectivity index (χ1) is 9.07. The maximum absolute atomic E-state index is 12.0. The quantitative estimate of drug-likeness (QED) is 0.813. The fraction of sp³-hybridized carbons (Fsp3) is 0.917. The van der Waals surface area contributed by atoms with Crippen LogP contribution in [0.4, 0.5) is 18.0 Å². The highest BCUT2D eigenvalue weighted by Crippen LogP contribution is 2.17. The van der Waals surface area contributed by atoms with Crippen LogP contribution in [0.3, 0.4) is 0 Å². The van der Waals surface area contributed by atoms with E-state index < -0.39 is 24.5 Å². The first-order valence-electron chi connectivity index (χ1n) is 6.49. The second-order valence-corrected chi connectivity index (χ2v) is 5.79. The van der Waals surface area contributed by atoms with Gasteiger partial charge in [0.1, 0.15) is 5.60 Å². The Kier molecular flexibility index (Phi) is 5.64. The van der Waals surface area contributed by atoms with Gasteiger partial charge in [0.25, 0.3) is 0 Å². The molecule has 1 atom stereocenters. The Bertz CT molecular complexity index is 329. The lowest BCUT2D eigenvalue weighted by atomic mass is 10.1. The third-order valence-corrected chi connectivity index (χ3v) is 2.56. The minimum atomic E-state index is -4.37. The Morgan fingerprint density at radius 3 is 2.55 bits per heavy atom. The summed E-state index contributed by atoms with van der Waals surface area (Å²) in [6.07, 6.45) is -3.49. The number of hydrogen-bond acceptors (Lipinski definition) is 4. The second kappa shape index (κ2) is 6.62. The van der Waals surface area contributed by atoms with Crippen LogP contribution >= 0.6 is 0 Å². The Morgan fingerprint density at radius 2 is 2.00 bits per heavy atom. The highest BCUT2D eigenvalue weighted by molar-refractivity contribution is 5.68. The summed E-state index contributed by atoms with van der Waals surface area (Å²) in [6.45, 7) is 4.74. The van der Waals surface area contributed by atoms with Crippen LogP contribution in [0, 0.1) is 0 Å². The molecule has 0 aromatic heterocycles. The van der Waals surface area contributed by atoms with Crippen LogP contribution in [0.1, 0.15) is 33.6 Å². The molecule has 1 N–H and O–H groups in total. The molecule has 0 radical (unpaired) electrons. The first kappa shape index (κ1) is 17.0. The lowest BCUT2D eigenvalue weighted by Crippen LogP contribution is -2.49. The fourth-order valence-corrected chi connectivity index (χ4v) is 1.81. The summed E-state index contributed by atoms with van der Waals surface area (Å²) in [5.41, 5.74) is 1.76.